The van der Waals surface area contributed by atoms with E-state index in [0.29, 0.717) is 12.6 Å². The highest BCUT2D eigenvalue weighted by atomic mass is 16.2. The Labute approximate surface area is 160 Å². The smallest absolute Gasteiger partial charge is 0.229 e. The molecule has 0 unspecified atom stereocenters. The number of hydrogen-bond donors (Lipinski definition) is 0. The van der Waals surface area contributed by atoms with Gasteiger partial charge in [-0.05, 0) is 25.5 Å². The monoisotopic (exact) mass is 359 g/mol. The Kier molecular flexibility index (Phi) is 4.34. The number of fused-ring (bicyclic) bond motifs is 5. The van der Waals surface area contributed by atoms with Crippen LogP contribution in [0.25, 0.3) is 22.5 Å². The van der Waals surface area contributed by atoms with Crippen LogP contribution in [0.1, 0.15) is 39.3 Å². The molecular formula is C23H25N3O. The summed E-state index contributed by atoms with van der Waals surface area (Å²) in [4.78, 5) is 19.8. The van der Waals surface area contributed by atoms with E-state index >= 15 is 0 Å². The van der Waals surface area contributed by atoms with Crippen molar-refractivity contribution in [1.82, 2.24) is 9.55 Å². The maximum Gasteiger partial charge on any atom is 0.229 e. The van der Waals surface area contributed by atoms with Gasteiger partial charge in [0.05, 0.1) is 29.9 Å². The van der Waals surface area contributed by atoms with Crippen LogP contribution >= 0.6 is 0 Å². The molecule has 0 saturated carbocycles. The van der Waals surface area contributed by atoms with Crippen molar-refractivity contribution in [3.63, 3.8) is 0 Å². The Morgan fingerprint density at radius 1 is 0.963 bits per heavy atom. The Balaban J connectivity index is 2.06. The zero-order valence-electron chi connectivity index (χ0n) is 16.3. The van der Waals surface area contributed by atoms with Gasteiger partial charge in [-0.1, -0.05) is 56.3 Å². The van der Waals surface area contributed by atoms with E-state index in [1.165, 1.54) is 0 Å². The standard InChI is InChI=1S/C23H25N3O/c1-15(2)23(27)25-13-17-9-5-6-10-18(17)22-21(24-14-26(22)16(3)4)19-11-7-8-12-20(19)25/h5-12,14-16H,13H2,1-4H3. The zero-order valence-corrected chi connectivity index (χ0v) is 16.3. The quantitative estimate of drug-likeness (QED) is 0.623. The number of hydrogen-bond acceptors (Lipinski definition) is 2. The Morgan fingerprint density at radius 3 is 2.33 bits per heavy atom. The van der Waals surface area contributed by atoms with Crippen LogP contribution in [0, 0.1) is 5.92 Å². The predicted octanol–water partition coefficient (Wildman–Crippen LogP) is 5.30. The van der Waals surface area contributed by atoms with E-state index in [4.69, 9.17) is 4.98 Å². The van der Waals surface area contributed by atoms with Crippen LogP contribution in [-0.4, -0.2) is 15.5 Å². The molecule has 2 aromatic carbocycles. The van der Waals surface area contributed by atoms with Crippen LogP contribution in [0.4, 0.5) is 5.69 Å². The van der Waals surface area contributed by atoms with E-state index in [0.717, 1.165) is 33.8 Å². The first-order chi connectivity index (χ1) is 13.0. The summed E-state index contributed by atoms with van der Waals surface area (Å²) in [5.74, 6) is 0.0568. The topological polar surface area (TPSA) is 38.1 Å². The molecule has 1 amide bonds. The van der Waals surface area contributed by atoms with Crippen LogP contribution in [0.3, 0.4) is 0 Å². The van der Waals surface area contributed by atoms with Gasteiger partial charge in [0.1, 0.15) is 0 Å². The Morgan fingerprint density at radius 2 is 1.63 bits per heavy atom. The first-order valence-electron chi connectivity index (χ1n) is 9.55. The second-order valence-corrected chi connectivity index (χ2v) is 7.70. The highest BCUT2D eigenvalue weighted by Gasteiger charge is 2.29. The SMILES string of the molecule is CC(C)C(=O)N1Cc2ccccc2-c2c(ncn2C(C)C)-c2ccccc21. The summed E-state index contributed by atoms with van der Waals surface area (Å²) >= 11 is 0. The molecule has 1 aromatic heterocycles. The third-order valence-corrected chi connectivity index (χ3v) is 5.16. The van der Waals surface area contributed by atoms with Crippen LogP contribution < -0.4 is 4.90 Å². The van der Waals surface area contributed by atoms with Crippen LogP contribution in [-0.2, 0) is 11.3 Å². The number of benzene rings is 2. The molecule has 0 fully saturated rings. The fraction of sp³-hybridized carbons (Fsp3) is 0.304. The number of carbonyl (C=O) groups is 1. The first kappa shape index (κ1) is 17.5. The maximum atomic E-state index is 13.1. The fourth-order valence-corrected chi connectivity index (χ4v) is 3.78. The largest absolute Gasteiger partial charge is 0.328 e. The number of nitrogens with zero attached hydrogens (tertiary/aromatic N) is 3. The summed E-state index contributed by atoms with van der Waals surface area (Å²) in [5.41, 5.74) is 6.30. The molecule has 0 bridgehead atoms. The summed E-state index contributed by atoms with van der Waals surface area (Å²) in [7, 11) is 0. The third-order valence-electron chi connectivity index (χ3n) is 5.16. The van der Waals surface area contributed by atoms with Crippen molar-refractivity contribution in [2.24, 2.45) is 5.92 Å². The Hall–Kier alpha value is -2.88. The van der Waals surface area contributed by atoms with Gasteiger partial charge in [-0.3, -0.25) is 4.79 Å². The van der Waals surface area contributed by atoms with Crippen molar-refractivity contribution in [2.75, 3.05) is 4.90 Å². The Bertz CT molecular complexity index is 1000. The van der Waals surface area contributed by atoms with Gasteiger partial charge < -0.3 is 9.47 Å². The molecule has 4 rings (SSSR count). The number of para-hydroxylation sites is 1. The molecule has 3 aromatic rings. The lowest BCUT2D eigenvalue weighted by Gasteiger charge is -2.30. The second-order valence-electron chi connectivity index (χ2n) is 7.70. The fourth-order valence-electron chi connectivity index (χ4n) is 3.78. The number of rotatable bonds is 2. The molecule has 27 heavy (non-hydrogen) atoms. The zero-order chi connectivity index (χ0) is 19.1. The van der Waals surface area contributed by atoms with Crippen LogP contribution in [0.5, 0.6) is 0 Å². The van der Waals surface area contributed by atoms with E-state index in [1.54, 1.807) is 0 Å². The van der Waals surface area contributed by atoms with Crippen molar-refractivity contribution < 1.29 is 4.79 Å². The van der Waals surface area contributed by atoms with Crippen molar-refractivity contribution in [1.29, 1.82) is 0 Å². The van der Waals surface area contributed by atoms with Gasteiger partial charge in [0.25, 0.3) is 0 Å². The average Bonchev–Trinajstić information content (AvgIpc) is 3.09. The number of carbonyl (C=O) groups excluding carboxylic acids is 1. The van der Waals surface area contributed by atoms with Crippen molar-refractivity contribution >= 4 is 11.6 Å². The summed E-state index contributed by atoms with van der Waals surface area (Å²) in [6.45, 7) is 8.81. The number of amides is 1. The maximum absolute atomic E-state index is 13.1. The van der Waals surface area contributed by atoms with E-state index in [2.05, 4.69) is 42.7 Å². The van der Waals surface area contributed by atoms with Gasteiger partial charge in [-0.15, -0.1) is 0 Å². The lowest BCUT2D eigenvalue weighted by Crippen LogP contribution is -2.34. The molecular weight excluding hydrogens is 334 g/mol. The van der Waals surface area contributed by atoms with E-state index < -0.39 is 0 Å². The summed E-state index contributed by atoms with van der Waals surface area (Å²) in [5, 5.41) is 0. The van der Waals surface area contributed by atoms with Crippen molar-refractivity contribution in [2.45, 2.75) is 40.3 Å². The molecule has 0 atom stereocenters. The highest BCUT2D eigenvalue weighted by Crippen LogP contribution is 2.42. The lowest BCUT2D eigenvalue weighted by atomic mass is 9.94. The van der Waals surface area contributed by atoms with Crippen molar-refractivity contribution in [3.8, 4) is 22.5 Å². The molecule has 0 saturated heterocycles. The minimum absolute atomic E-state index is 0.0719. The molecule has 2 heterocycles. The van der Waals surface area contributed by atoms with Crippen LogP contribution in [0.2, 0.25) is 0 Å². The van der Waals surface area contributed by atoms with Gasteiger partial charge in [0, 0.05) is 23.1 Å². The van der Waals surface area contributed by atoms with Gasteiger partial charge in [0.2, 0.25) is 5.91 Å². The highest BCUT2D eigenvalue weighted by molar-refractivity contribution is 6.01. The molecule has 1 aliphatic rings. The molecule has 0 radical (unpaired) electrons. The second kappa shape index (κ2) is 6.69. The van der Waals surface area contributed by atoms with Gasteiger partial charge >= 0.3 is 0 Å². The molecule has 0 N–H and O–H groups in total. The summed E-state index contributed by atoms with van der Waals surface area (Å²) < 4.78 is 2.23. The molecule has 138 valence electrons. The molecule has 4 nitrogen and oxygen atoms in total. The number of anilines is 1. The molecule has 1 aliphatic heterocycles. The lowest BCUT2D eigenvalue weighted by molar-refractivity contribution is -0.121. The van der Waals surface area contributed by atoms with Crippen LogP contribution in [0.15, 0.2) is 54.9 Å². The summed E-state index contributed by atoms with van der Waals surface area (Å²) in [6.07, 6.45) is 1.92. The molecule has 4 heteroatoms. The van der Waals surface area contributed by atoms with E-state index in [9.17, 15) is 4.79 Å². The molecule has 0 aliphatic carbocycles. The third kappa shape index (κ3) is 2.85. The van der Waals surface area contributed by atoms with Gasteiger partial charge in [-0.2, -0.15) is 0 Å². The number of aromatic nitrogens is 2. The summed E-state index contributed by atoms with van der Waals surface area (Å²) in [6, 6.07) is 16.8. The normalized spacial score (nSPS) is 13.0. The average molecular weight is 359 g/mol. The van der Waals surface area contributed by atoms with E-state index in [1.807, 2.05) is 49.3 Å². The van der Waals surface area contributed by atoms with Crippen molar-refractivity contribution in [3.05, 3.63) is 60.4 Å². The van der Waals surface area contributed by atoms with Gasteiger partial charge in [-0.25, -0.2) is 4.98 Å². The first-order valence-corrected chi connectivity index (χ1v) is 9.55. The van der Waals surface area contributed by atoms with E-state index in [-0.39, 0.29) is 11.8 Å². The minimum Gasteiger partial charge on any atom is -0.328 e. The number of imidazole rings is 1. The molecule has 0 spiro atoms. The van der Waals surface area contributed by atoms with Gasteiger partial charge in [0.15, 0.2) is 0 Å². The minimum atomic E-state index is -0.0719. The predicted molar refractivity (Wildman–Crippen MR) is 110 cm³/mol.